The van der Waals surface area contributed by atoms with E-state index in [1.165, 1.54) is 12.1 Å². The van der Waals surface area contributed by atoms with Gasteiger partial charge in [0.15, 0.2) is 11.6 Å². The van der Waals surface area contributed by atoms with E-state index in [4.69, 9.17) is 5.73 Å². The third-order valence-electron chi connectivity index (χ3n) is 1.56. The highest BCUT2D eigenvalue weighted by Gasteiger charge is 2.18. The second-order valence-electron chi connectivity index (χ2n) is 2.60. The Morgan fingerprint density at radius 1 is 1.43 bits per heavy atom. The van der Waals surface area contributed by atoms with Crippen LogP contribution in [0.1, 0.15) is 0 Å². The number of nitro groups is 1. The minimum Gasteiger partial charge on any atom is -0.368 e. The van der Waals surface area contributed by atoms with Gasteiger partial charge in [-0.3, -0.25) is 4.79 Å². The molecule has 0 atom stereocenters. The highest BCUT2D eigenvalue weighted by atomic mass is 16.7. The Hall–Kier alpha value is -2.11. The van der Waals surface area contributed by atoms with Crippen molar-refractivity contribution in [2.75, 3.05) is 11.6 Å². The molecule has 1 rings (SSSR count). The number of amides is 1. The van der Waals surface area contributed by atoms with Crippen molar-refractivity contribution in [3.8, 4) is 0 Å². The normalized spacial score (nSPS) is 9.43. The zero-order valence-electron chi connectivity index (χ0n) is 7.29. The average Bonchev–Trinajstić information content (AvgIpc) is 2.15. The van der Waals surface area contributed by atoms with Gasteiger partial charge in [0.1, 0.15) is 5.69 Å². The fourth-order valence-corrected chi connectivity index (χ4v) is 0.991. The summed E-state index contributed by atoms with van der Waals surface area (Å²) < 4.78 is 0. The van der Waals surface area contributed by atoms with Crippen LogP contribution in [0.5, 0.6) is 0 Å². The molecule has 1 aromatic rings. The molecule has 0 saturated carbocycles. The van der Waals surface area contributed by atoms with Gasteiger partial charge in [0.2, 0.25) is 5.91 Å². The van der Waals surface area contributed by atoms with Crippen LogP contribution in [0.4, 0.5) is 5.69 Å². The maximum atomic E-state index is 10.6. The predicted octanol–water partition coefficient (Wildman–Crippen LogP) is 0.170. The maximum absolute atomic E-state index is 10.6. The molecule has 0 saturated heterocycles. The first kappa shape index (κ1) is 9.97. The summed E-state index contributed by atoms with van der Waals surface area (Å²) in [5, 5.41) is 10.6. The molecule has 0 spiro atoms. The molecule has 0 unspecified atom stereocenters. The zero-order valence-corrected chi connectivity index (χ0v) is 7.29. The average molecular weight is 195 g/mol. The second kappa shape index (κ2) is 4.22. The topological polar surface area (TPSA) is 89.5 Å². The molecule has 74 valence electrons. The molecule has 0 fully saturated rings. The van der Waals surface area contributed by atoms with Gasteiger partial charge in [0, 0.05) is 0 Å². The Balaban J connectivity index is 2.89. The lowest BCUT2D eigenvalue weighted by atomic mass is 10.3. The number of carbonyl (C=O) groups is 1. The maximum Gasteiger partial charge on any atom is 0.243 e. The highest BCUT2D eigenvalue weighted by molar-refractivity contribution is 5.78. The molecule has 0 aliphatic carbocycles. The number of anilines is 1. The van der Waals surface area contributed by atoms with E-state index in [0.29, 0.717) is 10.7 Å². The molecule has 2 N–H and O–H groups in total. The quantitative estimate of drug-likeness (QED) is 0.547. The number of primary amides is 1. The minimum absolute atomic E-state index is 0.330. The smallest absolute Gasteiger partial charge is 0.243 e. The van der Waals surface area contributed by atoms with Crippen molar-refractivity contribution in [1.82, 2.24) is 0 Å². The first-order valence-electron chi connectivity index (χ1n) is 3.86. The van der Waals surface area contributed by atoms with Gasteiger partial charge in [-0.2, -0.15) is 0 Å². The molecule has 0 aromatic heterocycles. The molecule has 0 bridgehead atoms. The number of nitrogens with two attached hydrogens (primary N) is 1. The number of rotatable bonds is 4. The molecule has 0 aliphatic rings. The molecule has 6 heteroatoms. The summed E-state index contributed by atoms with van der Waals surface area (Å²) in [7, 11) is 0. The Morgan fingerprint density at radius 3 is 2.43 bits per heavy atom. The van der Waals surface area contributed by atoms with Gasteiger partial charge < -0.3 is 5.73 Å². The van der Waals surface area contributed by atoms with E-state index < -0.39 is 17.5 Å². The Kier molecular flexibility index (Phi) is 3.01. The van der Waals surface area contributed by atoms with Crippen LogP contribution in [0, 0.1) is 10.1 Å². The first-order chi connectivity index (χ1) is 6.61. The molecule has 1 amide bonds. The van der Waals surface area contributed by atoms with Crippen LogP contribution >= 0.6 is 0 Å². The van der Waals surface area contributed by atoms with Crippen molar-refractivity contribution in [1.29, 1.82) is 0 Å². The number of benzene rings is 1. The van der Waals surface area contributed by atoms with Crippen LogP contribution in [0.2, 0.25) is 0 Å². The number of carbonyl (C=O) groups excluding carboxylic acids is 1. The lowest BCUT2D eigenvalue weighted by Gasteiger charge is -2.11. The fraction of sp³-hybridized carbons (Fsp3) is 0.125. The number of hydrogen-bond acceptors (Lipinski definition) is 3. The SMILES string of the molecule is NC(=O)CN(c1ccccc1)[N+](=O)[O-]. The second-order valence-corrected chi connectivity index (χ2v) is 2.60. The lowest BCUT2D eigenvalue weighted by Crippen LogP contribution is -2.37. The van der Waals surface area contributed by atoms with Gasteiger partial charge in [0.05, 0.1) is 0 Å². The van der Waals surface area contributed by atoms with E-state index in [0.717, 1.165) is 0 Å². The largest absolute Gasteiger partial charge is 0.368 e. The summed E-state index contributed by atoms with van der Waals surface area (Å²) >= 11 is 0. The molecule has 14 heavy (non-hydrogen) atoms. The monoisotopic (exact) mass is 195 g/mol. The molecular weight excluding hydrogens is 186 g/mol. The molecule has 6 nitrogen and oxygen atoms in total. The summed E-state index contributed by atoms with van der Waals surface area (Å²) in [6, 6.07) is 8.09. The van der Waals surface area contributed by atoms with E-state index in [1.807, 2.05) is 0 Å². The molecule has 0 radical (unpaired) electrons. The highest BCUT2D eigenvalue weighted by Crippen LogP contribution is 2.11. The third-order valence-corrected chi connectivity index (χ3v) is 1.56. The van der Waals surface area contributed by atoms with E-state index in [-0.39, 0.29) is 0 Å². The van der Waals surface area contributed by atoms with Gasteiger partial charge in [-0.05, 0) is 12.1 Å². The van der Waals surface area contributed by atoms with Crippen LogP contribution in [0.15, 0.2) is 30.3 Å². The summed E-state index contributed by atoms with van der Waals surface area (Å²) in [5.41, 5.74) is 5.21. The van der Waals surface area contributed by atoms with Gasteiger partial charge in [0.25, 0.3) is 0 Å². The van der Waals surface area contributed by atoms with Crippen molar-refractivity contribution in [2.45, 2.75) is 0 Å². The first-order valence-corrected chi connectivity index (χ1v) is 3.86. The summed E-state index contributed by atoms with van der Waals surface area (Å²) in [4.78, 5) is 21.1. The van der Waals surface area contributed by atoms with Crippen molar-refractivity contribution in [2.24, 2.45) is 5.73 Å². The number of hydrazine groups is 1. The van der Waals surface area contributed by atoms with E-state index in [2.05, 4.69) is 0 Å². The van der Waals surface area contributed by atoms with Crippen molar-refractivity contribution < 1.29 is 9.83 Å². The van der Waals surface area contributed by atoms with Crippen LogP contribution in [0.25, 0.3) is 0 Å². The van der Waals surface area contributed by atoms with Crippen molar-refractivity contribution >= 4 is 11.6 Å². The van der Waals surface area contributed by atoms with Crippen LogP contribution in [0.3, 0.4) is 0 Å². The van der Waals surface area contributed by atoms with Gasteiger partial charge in [-0.15, -0.1) is 0 Å². The predicted molar refractivity (Wildman–Crippen MR) is 50.0 cm³/mol. The Bertz CT molecular complexity index is 339. The van der Waals surface area contributed by atoms with Gasteiger partial charge >= 0.3 is 0 Å². The fourth-order valence-electron chi connectivity index (χ4n) is 0.991. The Labute approximate surface area is 80.0 Å². The third kappa shape index (κ3) is 2.44. The van der Waals surface area contributed by atoms with Gasteiger partial charge in [-0.25, -0.2) is 10.1 Å². The van der Waals surface area contributed by atoms with E-state index in [1.54, 1.807) is 18.2 Å². The minimum atomic E-state index is -0.745. The molecule has 0 heterocycles. The van der Waals surface area contributed by atoms with Crippen LogP contribution in [-0.4, -0.2) is 17.5 Å². The number of nitrogens with zero attached hydrogens (tertiary/aromatic N) is 2. The van der Waals surface area contributed by atoms with Crippen molar-refractivity contribution in [3.63, 3.8) is 0 Å². The van der Waals surface area contributed by atoms with Gasteiger partial charge in [-0.1, -0.05) is 23.2 Å². The summed E-state index contributed by atoms with van der Waals surface area (Å²) in [6.07, 6.45) is 0. The van der Waals surface area contributed by atoms with Crippen LogP contribution < -0.4 is 10.7 Å². The molecular formula is C8H9N3O3. The standard InChI is InChI=1S/C8H9N3O3/c9-8(12)6-10(11(13)14)7-4-2-1-3-5-7/h1-5H,6H2,(H2,9,12). The van der Waals surface area contributed by atoms with Crippen LogP contribution in [-0.2, 0) is 4.79 Å². The molecule has 1 aromatic carbocycles. The number of hydrogen-bond donors (Lipinski definition) is 1. The summed E-state index contributed by atoms with van der Waals surface area (Å²) in [6.45, 7) is -0.434. The van der Waals surface area contributed by atoms with Crippen molar-refractivity contribution in [3.05, 3.63) is 40.4 Å². The van der Waals surface area contributed by atoms with E-state index in [9.17, 15) is 14.9 Å². The zero-order chi connectivity index (χ0) is 10.6. The lowest BCUT2D eigenvalue weighted by molar-refractivity contribution is -0.493. The summed E-state index contributed by atoms with van der Waals surface area (Å²) in [5.74, 6) is -0.745. The Morgan fingerprint density at radius 2 is 2.00 bits per heavy atom. The molecule has 0 aliphatic heterocycles. The number of para-hydroxylation sites is 1. The van der Waals surface area contributed by atoms with E-state index >= 15 is 0 Å².